The molecule has 1 aliphatic heterocycles. The molecular formula is C14H17NO5. The number of aryl methyl sites for hydroxylation is 2. The van der Waals surface area contributed by atoms with Crippen LogP contribution in [0.1, 0.15) is 21.5 Å². The Bertz CT molecular complexity index is 535. The highest BCUT2D eigenvalue weighted by atomic mass is 16.6. The monoisotopic (exact) mass is 279 g/mol. The van der Waals surface area contributed by atoms with Crippen molar-refractivity contribution < 1.29 is 24.2 Å². The van der Waals surface area contributed by atoms with E-state index in [1.54, 1.807) is 13.0 Å². The molecule has 1 heterocycles. The van der Waals surface area contributed by atoms with Crippen molar-refractivity contribution >= 4 is 17.6 Å². The quantitative estimate of drug-likeness (QED) is 0.872. The topological polar surface area (TPSA) is 84.9 Å². The lowest BCUT2D eigenvalue weighted by Crippen LogP contribution is -2.39. The van der Waals surface area contributed by atoms with Crippen LogP contribution in [-0.4, -0.2) is 42.9 Å². The average molecular weight is 279 g/mol. The van der Waals surface area contributed by atoms with E-state index in [4.69, 9.17) is 14.6 Å². The van der Waals surface area contributed by atoms with Crippen LogP contribution in [-0.2, 0) is 14.3 Å². The summed E-state index contributed by atoms with van der Waals surface area (Å²) in [5.74, 6) is -1.34. The molecule has 1 amide bonds. The van der Waals surface area contributed by atoms with Gasteiger partial charge in [-0.05, 0) is 31.0 Å². The molecule has 0 bridgehead atoms. The van der Waals surface area contributed by atoms with Gasteiger partial charge in [0.1, 0.15) is 0 Å². The number of hydrogen-bond donors (Lipinski definition) is 2. The van der Waals surface area contributed by atoms with E-state index in [1.165, 1.54) is 6.07 Å². The molecule has 0 unspecified atom stereocenters. The summed E-state index contributed by atoms with van der Waals surface area (Å²) in [6.45, 7) is 4.61. The van der Waals surface area contributed by atoms with Crippen molar-refractivity contribution in [3.63, 3.8) is 0 Å². The van der Waals surface area contributed by atoms with E-state index in [-0.39, 0.29) is 18.1 Å². The fourth-order valence-electron chi connectivity index (χ4n) is 2.07. The second-order valence-corrected chi connectivity index (χ2v) is 4.71. The summed E-state index contributed by atoms with van der Waals surface area (Å²) in [5.41, 5.74) is 2.11. The lowest BCUT2D eigenvalue weighted by atomic mass is 10.0. The van der Waals surface area contributed by atoms with Crippen molar-refractivity contribution in [2.75, 3.05) is 25.1 Å². The summed E-state index contributed by atoms with van der Waals surface area (Å²) >= 11 is 0. The van der Waals surface area contributed by atoms with Crippen molar-refractivity contribution in [2.24, 2.45) is 0 Å². The normalized spacial score (nSPS) is 18.6. The number of amides is 1. The number of hydrogen-bond acceptors (Lipinski definition) is 4. The van der Waals surface area contributed by atoms with Gasteiger partial charge in [-0.15, -0.1) is 0 Å². The van der Waals surface area contributed by atoms with E-state index in [2.05, 4.69) is 5.32 Å². The van der Waals surface area contributed by atoms with Crippen LogP contribution >= 0.6 is 0 Å². The predicted molar refractivity (Wildman–Crippen MR) is 72.1 cm³/mol. The van der Waals surface area contributed by atoms with Crippen LogP contribution in [0.25, 0.3) is 0 Å². The minimum atomic E-state index is -1.02. The molecule has 1 saturated heterocycles. The number of anilines is 1. The van der Waals surface area contributed by atoms with Crippen LogP contribution in [0.4, 0.5) is 5.69 Å². The lowest BCUT2D eigenvalue weighted by Gasteiger charge is -2.22. The van der Waals surface area contributed by atoms with Gasteiger partial charge in [0.2, 0.25) is 0 Å². The molecule has 0 radical (unpaired) electrons. The molecule has 0 spiro atoms. The van der Waals surface area contributed by atoms with E-state index in [0.29, 0.717) is 24.5 Å². The first-order valence-electron chi connectivity index (χ1n) is 6.34. The Labute approximate surface area is 116 Å². The molecule has 1 aliphatic rings. The molecule has 1 aromatic carbocycles. The number of aromatic carboxylic acids is 1. The van der Waals surface area contributed by atoms with Gasteiger partial charge in [0.15, 0.2) is 6.10 Å². The molecule has 1 fully saturated rings. The fourth-order valence-corrected chi connectivity index (χ4v) is 2.07. The Kier molecular flexibility index (Phi) is 4.36. The Morgan fingerprint density at radius 2 is 2.00 bits per heavy atom. The largest absolute Gasteiger partial charge is 0.478 e. The summed E-state index contributed by atoms with van der Waals surface area (Å²) in [7, 11) is 0. The number of ether oxygens (including phenoxy) is 2. The number of carbonyl (C=O) groups is 2. The molecule has 6 nitrogen and oxygen atoms in total. The van der Waals surface area contributed by atoms with Crippen LogP contribution in [0.5, 0.6) is 0 Å². The van der Waals surface area contributed by atoms with Crippen LogP contribution in [0, 0.1) is 13.8 Å². The Morgan fingerprint density at radius 1 is 1.25 bits per heavy atom. The SMILES string of the molecule is Cc1cc(C)c(C(=O)O)cc1NC(=O)[C@@H]1COCCO1. The molecule has 2 N–H and O–H groups in total. The molecule has 20 heavy (non-hydrogen) atoms. The molecule has 1 atom stereocenters. The predicted octanol–water partition coefficient (Wildman–Crippen LogP) is 1.36. The maximum Gasteiger partial charge on any atom is 0.336 e. The number of benzene rings is 1. The molecule has 6 heteroatoms. The zero-order chi connectivity index (χ0) is 14.7. The van der Waals surface area contributed by atoms with Crippen LogP contribution in [0.15, 0.2) is 12.1 Å². The Hall–Kier alpha value is -1.92. The highest BCUT2D eigenvalue weighted by Gasteiger charge is 2.23. The Balaban J connectivity index is 2.18. The first kappa shape index (κ1) is 14.5. The van der Waals surface area contributed by atoms with Crippen LogP contribution < -0.4 is 5.32 Å². The maximum absolute atomic E-state index is 12.0. The summed E-state index contributed by atoms with van der Waals surface area (Å²) in [6.07, 6.45) is -0.655. The molecule has 0 aromatic heterocycles. The van der Waals surface area contributed by atoms with Gasteiger partial charge in [0, 0.05) is 5.69 Å². The van der Waals surface area contributed by atoms with Gasteiger partial charge >= 0.3 is 5.97 Å². The van der Waals surface area contributed by atoms with Gasteiger partial charge in [-0.2, -0.15) is 0 Å². The van der Waals surface area contributed by atoms with E-state index >= 15 is 0 Å². The van der Waals surface area contributed by atoms with Gasteiger partial charge in [0.25, 0.3) is 5.91 Å². The number of carbonyl (C=O) groups excluding carboxylic acids is 1. The number of rotatable bonds is 3. The number of nitrogens with one attached hydrogen (secondary N) is 1. The zero-order valence-corrected chi connectivity index (χ0v) is 11.4. The van der Waals surface area contributed by atoms with Crippen molar-refractivity contribution in [1.29, 1.82) is 0 Å². The van der Waals surface area contributed by atoms with E-state index < -0.39 is 12.1 Å². The van der Waals surface area contributed by atoms with Gasteiger partial charge in [0.05, 0.1) is 25.4 Å². The molecular weight excluding hydrogens is 262 g/mol. The van der Waals surface area contributed by atoms with Gasteiger partial charge < -0.3 is 19.9 Å². The van der Waals surface area contributed by atoms with Crippen molar-refractivity contribution in [2.45, 2.75) is 20.0 Å². The summed E-state index contributed by atoms with van der Waals surface area (Å²) < 4.78 is 10.5. The van der Waals surface area contributed by atoms with Crippen molar-refractivity contribution in [3.05, 3.63) is 28.8 Å². The van der Waals surface area contributed by atoms with Crippen molar-refractivity contribution in [1.82, 2.24) is 0 Å². The molecule has 2 rings (SSSR count). The Morgan fingerprint density at radius 3 is 2.60 bits per heavy atom. The van der Waals surface area contributed by atoms with E-state index in [1.807, 2.05) is 6.92 Å². The molecule has 108 valence electrons. The third-order valence-corrected chi connectivity index (χ3v) is 3.17. The average Bonchev–Trinajstić information content (AvgIpc) is 2.42. The summed E-state index contributed by atoms with van der Waals surface area (Å²) in [4.78, 5) is 23.1. The molecule has 1 aromatic rings. The molecule has 0 saturated carbocycles. The van der Waals surface area contributed by atoms with Crippen LogP contribution in [0.2, 0.25) is 0 Å². The lowest BCUT2D eigenvalue weighted by molar-refractivity contribution is -0.142. The summed E-state index contributed by atoms with van der Waals surface area (Å²) in [6, 6.07) is 3.20. The minimum absolute atomic E-state index is 0.173. The van der Waals surface area contributed by atoms with Gasteiger partial charge in [-0.3, -0.25) is 4.79 Å². The highest BCUT2D eigenvalue weighted by Crippen LogP contribution is 2.21. The first-order valence-corrected chi connectivity index (χ1v) is 6.34. The second-order valence-electron chi connectivity index (χ2n) is 4.71. The van der Waals surface area contributed by atoms with Gasteiger partial charge in [-0.1, -0.05) is 6.07 Å². The van der Waals surface area contributed by atoms with E-state index in [9.17, 15) is 9.59 Å². The number of carboxylic acids is 1. The number of carboxylic acid groups (broad SMARTS) is 1. The minimum Gasteiger partial charge on any atom is -0.478 e. The van der Waals surface area contributed by atoms with Crippen LogP contribution in [0.3, 0.4) is 0 Å². The third-order valence-electron chi connectivity index (χ3n) is 3.17. The maximum atomic E-state index is 12.0. The van der Waals surface area contributed by atoms with E-state index in [0.717, 1.165) is 5.56 Å². The smallest absolute Gasteiger partial charge is 0.336 e. The summed E-state index contributed by atoms with van der Waals surface area (Å²) in [5, 5.41) is 11.8. The zero-order valence-electron chi connectivity index (χ0n) is 11.4. The standard InChI is InChI=1S/C14H17NO5/c1-8-5-9(2)11(6-10(8)14(17)18)15-13(16)12-7-19-3-4-20-12/h5-6,12H,3-4,7H2,1-2H3,(H,15,16)(H,17,18)/t12-/m0/s1. The highest BCUT2D eigenvalue weighted by molar-refractivity contribution is 5.97. The first-order chi connectivity index (χ1) is 9.49. The van der Waals surface area contributed by atoms with Gasteiger partial charge in [-0.25, -0.2) is 4.79 Å². The third kappa shape index (κ3) is 3.15. The van der Waals surface area contributed by atoms with Crippen molar-refractivity contribution in [3.8, 4) is 0 Å². The second kappa shape index (κ2) is 6.02. The fraction of sp³-hybridized carbons (Fsp3) is 0.429. The molecule has 0 aliphatic carbocycles.